The molecular formula is C17H18F4N2O4. The molecule has 0 bridgehead atoms. The number of alkyl halides is 3. The van der Waals surface area contributed by atoms with Crippen molar-refractivity contribution in [2.45, 2.75) is 32.0 Å². The molecule has 6 nitrogen and oxygen atoms in total. The minimum Gasteiger partial charge on any atom is -0.489 e. The fourth-order valence-corrected chi connectivity index (χ4v) is 2.55. The maximum atomic E-state index is 12.5. The van der Waals surface area contributed by atoms with Crippen molar-refractivity contribution in [2.75, 3.05) is 13.2 Å². The van der Waals surface area contributed by atoms with E-state index in [0.29, 0.717) is 22.7 Å². The van der Waals surface area contributed by atoms with E-state index in [1.54, 1.807) is 0 Å². The number of halogens is 4. The summed E-state index contributed by atoms with van der Waals surface area (Å²) < 4.78 is 55.3. The Kier molecular flexibility index (Phi) is 5.79. The molecule has 1 heterocycles. The molecule has 2 N–H and O–H groups in total. The minimum absolute atomic E-state index is 0.0213. The van der Waals surface area contributed by atoms with Crippen molar-refractivity contribution in [1.82, 2.24) is 5.06 Å². The van der Waals surface area contributed by atoms with Gasteiger partial charge in [0.15, 0.2) is 0 Å². The lowest BCUT2D eigenvalue weighted by Gasteiger charge is -2.40. The Labute approximate surface area is 152 Å². The van der Waals surface area contributed by atoms with Crippen LogP contribution >= 0.6 is 0 Å². The Hall–Kier alpha value is -2.62. The third-order valence-electron chi connectivity index (χ3n) is 3.91. The van der Waals surface area contributed by atoms with E-state index in [-0.39, 0.29) is 30.7 Å². The number of amides is 1. The monoisotopic (exact) mass is 390 g/mol. The number of rotatable bonds is 5. The van der Waals surface area contributed by atoms with Crippen LogP contribution in [0.15, 0.2) is 30.1 Å². The average molecular weight is 390 g/mol. The molecule has 0 unspecified atom stereocenters. The van der Waals surface area contributed by atoms with E-state index < -0.39 is 23.6 Å². The molecule has 27 heavy (non-hydrogen) atoms. The number of nitrogens with two attached hydrogens (primary N) is 1. The highest BCUT2D eigenvalue weighted by Crippen LogP contribution is 2.34. The first kappa shape index (κ1) is 20.7. The van der Waals surface area contributed by atoms with E-state index >= 15 is 0 Å². The van der Waals surface area contributed by atoms with Gasteiger partial charge < -0.3 is 15.3 Å². The lowest BCUT2D eigenvalue weighted by atomic mass is 9.86. The summed E-state index contributed by atoms with van der Waals surface area (Å²) in [5.74, 6) is -3.01. The van der Waals surface area contributed by atoms with E-state index in [4.69, 9.17) is 10.5 Å². The maximum Gasteiger partial charge on any atom is 0.493 e. The molecule has 1 aromatic rings. The van der Waals surface area contributed by atoms with Gasteiger partial charge in [0.1, 0.15) is 12.4 Å². The van der Waals surface area contributed by atoms with Crippen molar-refractivity contribution in [3.8, 4) is 5.75 Å². The molecule has 1 aliphatic rings. The highest BCUT2D eigenvalue weighted by Gasteiger charge is 2.48. The van der Waals surface area contributed by atoms with Gasteiger partial charge in [0.05, 0.1) is 11.9 Å². The number of ether oxygens (including phenoxy) is 1. The van der Waals surface area contributed by atoms with Crippen LogP contribution in [-0.4, -0.2) is 41.8 Å². The molecule has 10 heteroatoms. The fourth-order valence-electron chi connectivity index (χ4n) is 2.55. The van der Waals surface area contributed by atoms with Crippen molar-refractivity contribution in [2.24, 2.45) is 5.73 Å². The number of hydrogen-bond donors (Lipinski definition) is 1. The van der Waals surface area contributed by atoms with Gasteiger partial charge in [-0.05, 0) is 44.0 Å². The van der Waals surface area contributed by atoms with Gasteiger partial charge in [-0.15, -0.1) is 0 Å². The van der Waals surface area contributed by atoms with Gasteiger partial charge in [0.25, 0.3) is 5.91 Å². The number of carbonyl (C=O) groups excluding carboxylic acids is 2. The maximum absolute atomic E-state index is 12.5. The van der Waals surface area contributed by atoms with Crippen molar-refractivity contribution in [1.29, 1.82) is 0 Å². The molecule has 0 atom stereocenters. The predicted octanol–water partition coefficient (Wildman–Crippen LogP) is 2.67. The van der Waals surface area contributed by atoms with Gasteiger partial charge in [-0.25, -0.2) is 9.18 Å². The molecule has 1 amide bonds. The molecule has 0 saturated carbocycles. The first-order valence-electron chi connectivity index (χ1n) is 7.87. The lowest BCUT2D eigenvalue weighted by molar-refractivity contribution is -0.242. The number of carbonyl (C=O) groups is 2. The zero-order chi connectivity index (χ0) is 20.4. The Morgan fingerprint density at radius 1 is 1.37 bits per heavy atom. The third kappa shape index (κ3) is 4.57. The summed E-state index contributed by atoms with van der Waals surface area (Å²) in [4.78, 5) is 28.0. The molecule has 0 spiro atoms. The van der Waals surface area contributed by atoms with Crippen molar-refractivity contribution in [3.05, 3.63) is 41.2 Å². The van der Waals surface area contributed by atoms with E-state index in [9.17, 15) is 27.2 Å². The molecule has 0 saturated heterocycles. The first-order chi connectivity index (χ1) is 12.5. The largest absolute Gasteiger partial charge is 0.493 e. The first-order valence-corrected chi connectivity index (χ1v) is 7.87. The normalized spacial score (nSPS) is 16.8. The minimum atomic E-state index is -5.22. The van der Waals surface area contributed by atoms with Crippen LogP contribution in [0.5, 0.6) is 5.75 Å². The molecule has 1 aromatic carbocycles. The van der Waals surface area contributed by atoms with Crippen LogP contribution in [0.4, 0.5) is 17.6 Å². The van der Waals surface area contributed by atoms with Gasteiger partial charge in [0, 0.05) is 17.7 Å². The van der Waals surface area contributed by atoms with E-state index in [1.807, 2.05) is 0 Å². The standard InChI is InChI=1S/C17H18F4N2O4/c1-16(2)6-11-5-12(26-9-10(7-18)8-22)3-4-13(11)14(24)23(16)27-15(25)17(19,20)21/h3-5,7H,6,8-9,22H2,1-2H3/b10-7-. The average Bonchev–Trinajstić information content (AvgIpc) is 2.57. The Bertz CT molecular complexity index is 775. The second kappa shape index (κ2) is 7.55. The smallest absolute Gasteiger partial charge is 0.489 e. The molecular weight excluding hydrogens is 372 g/mol. The molecule has 0 fully saturated rings. The summed E-state index contributed by atoms with van der Waals surface area (Å²) in [7, 11) is 0. The van der Waals surface area contributed by atoms with Gasteiger partial charge in [0.2, 0.25) is 0 Å². The zero-order valence-corrected chi connectivity index (χ0v) is 14.6. The Morgan fingerprint density at radius 2 is 2.04 bits per heavy atom. The second-order valence-corrected chi connectivity index (χ2v) is 6.54. The van der Waals surface area contributed by atoms with Crippen molar-refractivity contribution < 1.29 is 36.7 Å². The molecule has 0 aromatic heterocycles. The van der Waals surface area contributed by atoms with E-state index in [1.165, 1.54) is 32.0 Å². The van der Waals surface area contributed by atoms with Crippen molar-refractivity contribution >= 4 is 11.9 Å². The third-order valence-corrected chi connectivity index (χ3v) is 3.91. The summed E-state index contributed by atoms with van der Waals surface area (Å²) in [5, 5.41) is 0.435. The Balaban J connectivity index is 2.25. The molecule has 148 valence electrons. The van der Waals surface area contributed by atoms with Crippen LogP contribution in [0, 0.1) is 0 Å². The van der Waals surface area contributed by atoms with Crippen LogP contribution < -0.4 is 10.5 Å². The molecule has 0 radical (unpaired) electrons. The van der Waals surface area contributed by atoms with Gasteiger partial charge in [-0.2, -0.15) is 18.2 Å². The number of fused-ring (bicyclic) bond motifs is 1. The summed E-state index contributed by atoms with van der Waals surface area (Å²) in [6.07, 6.45) is -4.77. The lowest BCUT2D eigenvalue weighted by Crippen LogP contribution is -2.54. The van der Waals surface area contributed by atoms with Gasteiger partial charge in [-0.3, -0.25) is 4.79 Å². The highest BCUT2D eigenvalue weighted by molar-refractivity contribution is 5.97. The zero-order valence-electron chi connectivity index (χ0n) is 14.6. The predicted molar refractivity (Wildman–Crippen MR) is 86.3 cm³/mol. The number of hydroxylamine groups is 2. The van der Waals surface area contributed by atoms with Crippen LogP contribution in [0.3, 0.4) is 0 Å². The number of hydrogen-bond acceptors (Lipinski definition) is 5. The second-order valence-electron chi connectivity index (χ2n) is 6.54. The van der Waals surface area contributed by atoms with E-state index in [0.717, 1.165) is 0 Å². The summed E-state index contributed by atoms with van der Waals surface area (Å²) in [6, 6.07) is 4.29. The Morgan fingerprint density at radius 3 is 2.59 bits per heavy atom. The summed E-state index contributed by atoms with van der Waals surface area (Å²) in [5.41, 5.74) is 4.93. The van der Waals surface area contributed by atoms with Crippen LogP contribution in [0.2, 0.25) is 0 Å². The fraction of sp³-hybridized carbons (Fsp3) is 0.412. The molecule has 0 aliphatic carbocycles. The van der Waals surface area contributed by atoms with Crippen LogP contribution in [0.1, 0.15) is 29.8 Å². The quantitative estimate of drug-likeness (QED) is 0.782. The van der Waals surface area contributed by atoms with Crippen LogP contribution in [0.25, 0.3) is 0 Å². The van der Waals surface area contributed by atoms with Crippen LogP contribution in [-0.2, 0) is 16.1 Å². The van der Waals surface area contributed by atoms with Gasteiger partial charge in [-0.1, -0.05) is 0 Å². The summed E-state index contributed by atoms with van der Waals surface area (Å²) in [6.45, 7) is 2.82. The van der Waals surface area contributed by atoms with E-state index in [2.05, 4.69) is 4.84 Å². The SMILES string of the molecule is CC1(C)Cc2cc(OC/C(=C\F)CN)ccc2C(=O)N1OC(=O)C(F)(F)F. The molecule has 2 rings (SSSR count). The highest BCUT2D eigenvalue weighted by atomic mass is 19.4. The summed E-state index contributed by atoms with van der Waals surface area (Å²) >= 11 is 0. The topological polar surface area (TPSA) is 81.9 Å². The number of nitrogens with zero attached hydrogens (tertiary/aromatic N) is 1. The number of benzene rings is 1. The van der Waals surface area contributed by atoms with Gasteiger partial charge >= 0.3 is 12.1 Å². The van der Waals surface area contributed by atoms with Crippen molar-refractivity contribution in [3.63, 3.8) is 0 Å². The molecule has 1 aliphatic heterocycles.